The van der Waals surface area contributed by atoms with Crippen LogP contribution in [0.2, 0.25) is 0 Å². The molecule has 0 aromatic rings. The van der Waals surface area contributed by atoms with Crippen LogP contribution in [0.4, 0.5) is 0 Å². The molecule has 1 saturated heterocycles. The van der Waals surface area contributed by atoms with Crippen LogP contribution in [0.3, 0.4) is 0 Å². The van der Waals surface area contributed by atoms with Gasteiger partial charge in [0.25, 0.3) is 0 Å². The van der Waals surface area contributed by atoms with Crippen molar-refractivity contribution in [3.63, 3.8) is 0 Å². The molecule has 88 valence electrons. The van der Waals surface area contributed by atoms with Crippen LogP contribution in [0.25, 0.3) is 0 Å². The largest absolute Gasteiger partial charge is 0.377 e. The molecule has 1 aliphatic heterocycles. The summed E-state index contributed by atoms with van der Waals surface area (Å²) < 4.78 is 5.71. The summed E-state index contributed by atoms with van der Waals surface area (Å²) in [4.78, 5) is 0. The van der Waals surface area contributed by atoms with Gasteiger partial charge in [-0.2, -0.15) is 0 Å². The van der Waals surface area contributed by atoms with Gasteiger partial charge in [0.15, 0.2) is 0 Å². The van der Waals surface area contributed by atoms with Gasteiger partial charge in [0.1, 0.15) is 0 Å². The third-order valence-corrected chi connectivity index (χ3v) is 4.24. The fourth-order valence-electron chi connectivity index (χ4n) is 2.57. The predicted molar refractivity (Wildman–Crippen MR) is 63.0 cm³/mol. The molecule has 2 nitrogen and oxygen atoms in total. The van der Waals surface area contributed by atoms with Gasteiger partial charge >= 0.3 is 0 Å². The Morgan fingerprint density at radius 2 is 2.13 bits per heavy atom. The first-order chi connectivity index (χ1) is 7.23. The topological polar surface area (TPSA) is 21.3 Å². The van der Waals surface area contributed by atoms with Gasteiger partial charge in [-0.1, -0.05) is 13.8 Å². The monoisotopic (exact) mass is 211 g/mol. The summed E-state index contributed by atoms with van der Waals surface area (Å²) in [6, 6.07) is 0. The van der Waals surface area contributed by atoms with Crippen molar-refractivity contribution < 1.29 is 4.74 Å². The molecule has 1 atom stereocenters. The van der Waals surface area contributed by atoms with E-state index in [1.165, 1.54) is 38.6 Å². The number of ether oxygens (including phenoxy) is 1. The van der Waals surface area contributed by atoms with Crippen LogP contribution in [0.1, 0.15) is 46.0 Å². The van der Waals surface area contributed by atoms with E-state index in [0.29, 0.717) is 11.5 Å². The first-order valence-corrected chi connectivity index (χ1v) is 6.55. The zero-order chi connectivity index (χ0) is 10.7. The molecule has 2 aliphatic rings. The Hall–Kier alpha value is -0.0800. The molecular formula is C13H25NO. The Balaban J connectivity index is 1.62. The Bertz CT molecular complexity index is 193. The predicted octanol–water partition coefficient (Wildman–Crippen LogP) is 2.58. The van der Waals surface area contributed by atoms with E-state index in [9.17, 15) is 0 Å². The van der Waals surface area contributed by atoms with Crippen LogP contribution in [-0.4, -0.2) is 25.8 Å². The highest BCUT2D eigenvalue weighted by atomic mass is 16.5. The van der Waals surface area contributed by atoms with Gasteiger partial charge in [0.05, 0.1) is 6.10 Å². The molecule has 0 bridgehead atoms. The van der Waals surface area contributed by atoms with E-state index in [-0.39, 0.29) is 0 Å². The lowest BCUT2D eigenvalue weighted by Crippen LogP contribution is -2.36. The Morgan fingerprint density at radius 1 is 1.33 bits per heavy atom. The van der Waals surface area contributed by atoms with Crippen molar-refractivity contribution >= 4 is 0 Å². The standard InChI is InChI=1S/C13H25NO/c1-11(2)13(6-7-13)10-14-9-12-5-3-4-8-15-12/h11-12,14H,3-10H2,1-2H3. The van der Waals surface area contributed by atoms with Gasteiger partial charge in [0, 0.05) is 19.7 Å². The van der Waals surface area contributed by atoms with Gasteiger partial charge in [-0.25, -0.2) is 0 Å². The van der Waals surface area contributed by atoms with E-state index in [1.807, 2.05) is 0 Å². The van der Waals surface area contributed by atoms with Crippen LogP contribution in [0.15, 0.2) is 0 Å². The lowest BCUT2D eigenvalue weighted by Gasteiger charge is -2.25. The molecule has 0 aromatic heterocycles. The first-order valence-electron chi connectivity index (χ1n) is 6.55. The second kappa shape index (κ2) is 4.84. The van der Waals surface area contributed by atoms with E-state index < -0.39 is 0 Å². The summed E-state index contributed by atoms with van der Waals surface area (Å²) in [5.74, 6) is 0.831. The summed E-state index contributed by atoms with van der Waals surface area (Å²) >= 11 is 0. The maximum atomic E-state index is 5.71. The van der Waals surface area contributed by atoms with E-state index in [1.54, 1.807) is 0 Å². The van der Waals surface area contributed by atoms with Crippen molar-refractivity contribution in [3.05, 3.63) is 0 Å². The minimum absolute atomic E-state index is 0.488. The zero-order valence-electron chi connectivity index (χ0n) is 10.2. The second-order valence-electron chi connectivity index (χ2n) is 5.64. The number of hydrogen-bond acceptors (Lipinski definition) is 2. The van der Waals surface area contributed by atoms with Crippen molar-refractivity contribution in [2.45, 2.75) is 52.1 Å². The van der Waals surface area contributed by atoms with Crippen LogP contribution < -0.4 is 5.32 Å². The highest BCUT2D eigenvalue weighted by molar-refractivity contribution is 4.97. The minimum atomic E-state index is 0.488. The van der Waals surface area contributed by atoms with Crippen molar-refractivity contribution in [1.82, 2.24) is 5.32 Å². The minimum Gasteiger partial charge on any atom is -0.377 e. The fraction of sp³-hybridized carbons (Fsp3) is 1.00. The third-order valence-electron chi connectivity index (χ3n) is 4.24. The molecule has 1 N–H and O–H groups in total. The summed E-state index contributed by atoms with van der Waals surface area (Å²) in [6.07, 6.45) is 7.18. The highest BCUT2D eigenvalue weighted by Gasteiger charge is 2.44. The van der Waals surface area contributed by atoms with Crippen molar-refractivity contribution in [1.29, 1.82) is 0 Å². The molecule has 0 spiro atoms. The number of nitrogens with one attached hydrogen (secondary N) is 1. The highest BCUT2D eigenvalue weighted by Crippen LogP contribution is 2.51. The molecule has 0 aromatic carbocycles. The van der Waals surface area contributed by atoms with E-state index >= 15 is 0 Å². The average molecular weight is 211 g/mol. The maximum Gasteiger partial charge on any atom is 0.0699 e. The number of rotatable bonds is 5. The maximum absolute atomic E-state index is 5.71. The lowest BCUT2D eigenvalue weighted by atomic mass is 9.92. The molecule has 2 heteroatoms. The molecule has 0 amide bonds. The van der Waals surface area contributed by atoms with Crippen LogP contribution in [0.5, 0.6) is 0 Å². The molecule has 2 rings (SSSR count). The fourth-order valence-corrected chi connectivity index (χ4v) is 2.57. The third kappa shape index (κ3) is 2.94. The SMILES string of the molecule is CC(C)C1(CNCC2CCCCO2)CC1. The summed E-state index contributed by atoms with van der Waals surface area (Å²) in [5.41, 5.74) is 0.634. The molecule has 1 unspecified atom stereocenters. The van der Waals surface area contributed by atoms with Crippen molar-refractivity contribution in [2.75, 3.05) is 19.7 Å². The second-order valence-corrected chi connectivity index (χ2v) is 5.64. The Labute approximate surface area is 93.8 Å². The smallest absolute Gasteiger partial charge is 0.0699 e. The molecule has 2 fully saturated rings. The lowest BCUT2D eigenvalue weighted by molar-refractivity contribution is 0.0160. The van der Waals surface area contributed by atoms with E-state index in [0.717, 1.165) is 19.1 Å². The summed E-state index contributed by atoms with van der Waals surface area (Å²) in [7, 11) is 0. The molecule has 15 heavy (non-hydrogen) atoms. The number of hydrogen-bond donors (Lipinski definition) is 1. The van der Waals surface area contributed by atoms with Gasteiger partial charge < -0.3 is 10.1 Å². The zero-order valence-corrected chi connectivity index (χ0v) is 10.2. The quantitative estimate of drug-likeness (QED) is 0.754. The molecular weight excluding hydrogens is 186 g/mol. The van der Waals surface area contributed by atoms with Crippen LogP contribution in [-0.2, 0) is 4.74 Å². The van der Waals surface area contributed by atoms with E-state index in [2.05, 4.69) is 19.2 Å². The van der Waals surface area contributed by atoms with Crippen molar-refractivity contribution in [3.8, 4) is 0 Å². The van der Waals surface area contributed by atoms with Crippen LogP contribution >= 0.6 is 0 Å². The van der Waals surface area contributed by atoms with Gasteiger partial charge in [-0.3, -0.25) is 0 Å². The normalized spacial score (nSPS) is 29.4. The molecule has 1 saturated carbocycles. The van der Waals surface area contributed by atoms with Gasteiger partial charge in [0.2, 0.25) is 0 Å². The molecule has 1 aliphatic carbocycles. The van der Waals surface area contributed by atoms with Crippen LogP contribution in [0, 0.1) is 11.3 Å². The summed E-state index contributed by atoms with van der Waals surface area (Å²) in [6.45, 7) is 7.94. The molecule has 0 radical (unpaired) electrons. The Morgan fingerprint density at radius 3 is 2.67 bits per heavy atom. The van der Waals surface area contributed by atoms with Gasteiger partial charge in [-0.15, -0.1) is 0 Å². The van der Waals surface area contributed by atoms with Crippen molar-refractivity contribution in [2.24, 2.45) is 11.3 Å². The average Bonchev–Trinajstić information content (AvgIpc) is 3.01. The summed E-state index contributed by atoms with van der Waals surface area (Å²) in [5, 5.41) is 3.61. The van der Waals surface area contributed by atoms with Gasteiger partial charge in [-0.05, 0) is 43.4 Å². The Kier molecular flexibility index (Phi) is 3.68. The van der Waals surface area contributed by atoms with E-state index in [4.69, 9.17) is 4.74 Å². The molecule has 1 heterocycles. The first kappa shape index (κ1) is 11.4.